The van der Waals surface area contributed by atoms with Crippen molar-refractivity contribution < 1.29 is 0 Å². The third-order valence-corrected chi connectivity index (χ3v) is 5.95. The number of hydrogen-bond acceptors (Lipinski definition) is 4. The van der Waals surface area contributed by atoms with Crippen molar-refractivity contribution in [3.8, 4) is 0 Å². The van der Waals surface area contributed by atoms with Gasteiger partial charge in [-0.2, -0.15) is 0 Å². The van der Waals surface area contributed by atoms with E-state index >= 15 is 0 Å². The lowest BCUT2D eigenvalue weighted by molar-refractivity contribution is 0.699. The summed E-state index contributed by atoms with van der Waals surface area (Å²) in [5.41, 5.74) is 3.75. The highest BCUT2D eigenvalue weighted by Gasteiger charge is 2.21. The first-order valence-electron chi connectivity index (χ1n) is 8.44. The molecule has 2 aromatic heterocycles. The van der Waals surface area contributed by atoms with Gasteiger partial charge in [-0.05, 0) is 43.7 Å². The normalized spacial score (nSPS) is 13.9. The van der Waals surface area contributed by atoms with E-state index in [1.54, 1.807) is 23.0 Å². The van der Waals surface area contributed by atoms with Gasteiger partial charge in [0.2, 0.25) is 5.95 Å². The first-order chi connectivity index (χ1) is 11.6. The lowest BCUT2D eigenvalue weighted by Gasteiger charge is -2.12. The molecule has 0 saturated carbocycles. The monoisotopic (exact) mass is 339 g/mol. The molecule has 0 amide bonds. The fraction of sp³-hybridized carbons (Fsp3) is 0.368. The Morgan fingerprint density at radius 1 is 1.21 bits per heavy atom. The zero-order valence-corrected chi connectivity index (χ0v) is 14.9. The number of benzene rings is 1. The van der Waals surface area contributed by atoms with Gasteiger partial charge in [0, 0.05) is 18.5 Å². The topological polar surface area (TPSA) is 46.9 Å². The van der Waals surface area contributed by atoms with Gasteiger partial charge in [-0.25, -0.2) is 4.98 Å². The molecule has 0 aliphatic heterocycles. The zero-order chi connectivity index (χ0) is 16.7. The molecule has 0 unspecified atom stereocenters. The van der Waals surface area contributed by atoms with Gasteiger partial charge in [0.15, 0.2) is 0 Å². The summed E-state index contributed by atoms with van der Waals surface area (Å²) in [4.78, 5) is 19.8. The van der Waals surface area contributed by atoms with Crippen LogP contribution in [-0.2, 0) is 26.4 Å². The molecule has 0 spiro atoms. The Balaban J connectivity index is 1.70. The van der Waals surface area contributed by atoms with Crippen molar-refractivity contribution in [1.82, 2.24) is 9.55 Å². The number of fused-ring (bicyclic) bond motifs is 3. The molecule has 4 rings (SSSR count). The van der Waals surface area contributed by atoms with Crippen molar-refractivity contribution >= 4 is 27.5 Å². The van der Waals surface area contributed by atoms with Crippen molar-refractivity contribution in [1.29, 1.82) is 0 Å². The highest BCUT2D eigenvalue weighted by atomic mass is 32.1. The maximum atomic E-state index is 12.8. The summed E-state index contributed by atoms with van der Waals surface area (Å²) in [6, 6.07) is 8.39. The minimum atomic E-state index is 0.0748. The van der Waals surface area contributed by atoms with Crippen molar-refractivity contribution in [3.63, 3.8) is 0 Å². The summed E-state index contributed by atoms with van der Waals surface area (Å²) in [5, 5.41) is 4.17. The number of nitrogens with zero attached hydrogens (tertiary/aromatic N) is 2. The molecule has 2 heterocycles. The molecule has 0 bridgehead atoms. The van der Waals surface area contributed by atoms with E-state index in [1.165, 1.54) is 34.4 Å². The van der Waals surface area contributed by atoms with Crippen LogP contribution < -0.4 is 10.9 Å². The van der Waals surface area contributed by atoms with Crippen LogP contribution in [0.3, 0.4) is 0 Å². The molecule has 0 fully saturated rings. The SMILES string of the molecule is Cc1ccc(CNc2nc3sc4c(c3c(=O)n2C)CCCC4)cc1. The highest BCUT2D eigenvalue weighted by Crippen LogP contribution is 2.34. The van der Waals surface area contributed by atoms with Crippen LogP contribution in [0.5, 0.6) is 0 Å². The van der Waals surface area contributed by atoms with Gasteiger partial charge >= 0.3 is 0 Å². The zero-order valence-electron chi connectivity index (χ0n) is 14.1. The number of thiophene rings is 1. The molecule has 1 aliphatic rings. The number of aryl methyl sites for hydroxylation is 3. The number of rotatable bonds is 3. The Labute approximate surface area is 145 Å². The van der Waals surface area contributed by atoms with Gasteiger partial charge in [0.05, 0.1) is 5.39 Å². The van der Waals surface area contributed by atoms with Crippen molar-refractivity contribution in [2.75, 3.05) is 5.32 Å². The summed E-state index contributed by atoms with van der Waals surface area (Å²) < 4.78 is 1.65. The average Bonchev–Trinajstić information content (AvgIpc) is 2.96. The second kappa shape index (κ2) is 6.06. The van der Waals surface area contributed by atoms with Gasteiger partial charge in [0.25, 0.3) is 5.56 Å². The summed E-state index contributed by atoms with van der Waals surface area (Å²) in [5.74, 6) is 0.645. The van der Waals surface area contributed by atoms with Crippen LogP contribution in [0.4, 0.5) is 5.95 Å². The smallest absolute Gasteiger partial charge is 0.263 e. The van der Waals surface area contributed by atoms with E-state index < -0.39 is 0 Å². The van der Waals surface area contributed by atoms with Crippen molar-refractivity contribution in [3.05, 3.63) is 56.2 Å². The molecule has 1 aliphatic carbocycles. The summed E-state index contributed by atoms with van der Waals surface area (Å²) in [7, 11) is 1.80. The molecular formula is C19H21N3OS. The van der Waals surface area contributed by atoms with Crippen LogP contribution in [0.2, 0.25) is 0 Å². The Morgan fingerprint density at radius 2 is 1.96 bits per heavy atom. The van der Waals surface area contributed by atoms with E-state index in [1.807, 2.05) is 0 Å². The van der Waals surface area contributed by atoms with Gasteiger partial charge in [0.1, 0.15) is 4.83 Å². The summed E-state index contributed by atoms with van der Waals surface area (Å²) >= 11 is 1.70. The molecule has 1 aromatic carbocycles. The third kappa shape index (κ3) is 2.63. The van der Waals surface area contributed by atoms with E-state index in [9.17, 15) is 4.79 Å². The van der Waals surface area contributed by atoms with Crippen LogP contribution in [0.15, 0.2) is 29.1 Å². The maximum absolute atomic E-state index is 12.8. The van der Waals surface area contributed by atoms with Gasteiger partial charge in [-0.3, -0.25) is 9.36 Å². The fourth-order valence-electron chi connectivity index (χ4n) is 3.33. The second-order valence-electron chi connectivity index (χ2n) is 6.53. The Morgan fingerprint density at radius 3 is 2.75 bits per heavy atom. The van der Waals surface area contributed by atoms with Crippen LogP contribution in [0.1, 0.15) is 34.4 Å². The van der Waals surface area contributed by atoms with E-state index in [2.05, 4.69) is 36.5 Å². The van der Waals surface area contributed by atoms with E-state index in [0.717, 1.165) is 23.1 Å². The minimum absolute atomic E-state index is 0.0748. The van der Waals surface area contributed by atoms with Crippen LogP contribution in [0.25, 0.3) is 10.2 Å². The average molecular weight is 339 g/mol. The van der Waals surface area contributed by atoms with Crippen molar-refractivity contribution in [2.45, 2.75) is 39.2 Å². The number of anilines is 1. The third-order valence-electron chi connectivity index (χ3n) is 4.77. The largest absolute Gasteiger partial charge is 0.351 e. The fourth-order valence-corrected chi connectivity index (χ4v) is 4.58. The van der Waals surface area contributed by atoms with Gasteiger partial charge < -0.3 is 5.32 Å². The van der Waals surface area contributed by atoms with E-state index in [-0.39, 0.29) is 5.56 Å². The first-order valence-corrected chi connectivity index (χ1v) is 9.26. The molecular weight excluding hydrogens is 318 g/mol. The quantitative estimate of drug-likeness (QED) is 0.790. The molecule has 4 nitrogen and oxygen atoms in total. The Hall–Kier alpha value is -2.14. The predicted molar refractivity (Wildman–Crippen MR) is 100 cm³/mol. The lowest BCUT2D eigenvalue weighted by atomic mass is 9.97. The summed E-state index contributed by atoms with van der Waals surface area (Å²) in [6.45, 7) is 2.74. The summed E-state index contributed by atoms with van der Waals surface area (Å²) in [6.07, 6.45) is 4.50. The highest BCUT2D eigenvalue weighted by molar-refractivity contribution is 7.18. The molecule has 1 N–H and O–H groups in total. The standard InChI is InChI=1S/C19H21N3OS/c1-12-7-9-13(10-8-12)11-20-19-21-17-16(18(23)22(19)2)14-5-3-4-6-15(14)24-17/h7-10H,3-6,11H2,1-2H3,(H,20,21). The Kier molecular flexibility index (Phi) is 3.88. The van der Waals surface area contributed by atoms with E-state index in [4.69, 9.17) is 4.98 Å². The Bertz CT molecular complexity index is 953. The maximum Gasteiger partial charge on any atom is 0.263 e. The van der Waals surface area contributed by atoms with Crippen LogP contribution >= 0.6 is 11.3 Å². The van der Waals surface area contributed by atoms with Crippen LogP contribution in [0, 0.1) is 6.92 Å². The van der Waals surface area contributed by atoms with E-state index in [0.29, 0.717) is 12.5 Å². The molecule has 5 heteroatoms. The molecule has 124 valence electrons. The molecule has 0 atom stereocenters. The first kappa shape index (κ1) is 15.4. The lowest BCUT2D eigenvalue weighted by Crippen LogP contribution is -2.22. The second-order valence-corrected chi connectivity index (χ2v) is 7.61. The van der Waals surface area contributed by atoms with Crippen LogP contribution in [-0.4, -0.2) is 9.55 Å². The molecule has 0 saturated heterocycles. The minimum Gasteiger partial charge on any atom is -0.351 e. The number of nitrogens with one attached hydrogen (secondary N) is 1. The van der Waals surface area contributed by atoms with Crippen molar-refractivity contribution in [2.24, 2.45) is 7.05 Å². The molecule has 24 heavy (non-hydrogen) atoms. The molecule has 0 radical (unpaired) electrons. The number of aromatic nitrogens is 2. The molecule has 3 aromatic rings. The van der Waals surface area contributed by atoms with Gasteiger partial charge in [-0.15, -0.1) is 11.3 Å². The van der Waals surface area contributed by atoms with Gasteiger partial charge in [-0.1, -0.05) is 29.8 Å². The predicted octanol–water partition coefficient (Wildman–Crippen LogP) is 3.79. The number of hydrogen-bond donors (Lipinski definition) is 1.